The summed E-state index contributed by atoms with van der Waals surface area (Å²) in [5.41, 5.74) is 2.03. The van der Waals surface area contributed by atoms with Crippen LogP contribution in [0.25, 0.3) is 11.5 Å². The molecule has 7 heteroatoms. The molecule has 128 valence electrons. The van der Waals surface area contributed by atoms with Crippen LogP contribution in [0.3, 0.4) is 0 Å². The van der Waals surface area contributed by atoms with Crippen LogP contribution in [0.2, 0.25) is 5.02 Å². The lowest BCUT2D eigenvalue weighted by atomic mass is 10.1. The minimum absolute atomic E-state index is 0.0836. The Morgan fingerprint density at radius 3 is 2.68 bits per heavy atom. The zero-order valence-electron chi connectivity index (χ0n) is 13.4. The molecule has 25 heavy (non-hydrogen) atoms. The van der Waals surface area contributed by atoms with Gasteiger partial charge in [0.15, 0.2) is 0 Å². The lowest BCUT2D eigenvalue weighted by Gasteiger charge is -2.05. The number of hydrogen-bond acceptors (Lipinski definition) is 4. The van der Waals surface area contributed by atoms with E-state index in [0.29, 0.717) is 11.8 Å². The lowest BCUT2D eigenvalue weighted by Crippen LogP contribution is -2.13. The average molecular weight is 360 g/mol. The van der Waals surface area contributed by atoms with E-state index in [1.54, 1.807) is 0 Å². The molecular formula is C18H15ClFN3O2. The first-order chi connectivity index (χ1) is 12.0. The molecule has 2 aromatic carbocycles. The van der Waals surface area contributed by atoms with E-state index in [2.05, 4.69) is 15.5 Å². The number of nitrogens with zero attached hydrogens (tertiary/aromatic N) is 2. The number of aryl methyl sites for hydroxylation is 2. The van der Waals surface area contributed by atoms with Crippen molar-refractivity contribution in [2.45, 2.75) is 19.8 Å². The van der Waals surface area contributed by atoms with E-state index in [-0.39, 0.29) is 29.5 Å². The van der Waals surface area contributed by atoms with Crippen molar-refractivity contribution < 1.29 is 13.6 Å². The van der Waals surface area contributed by atoms with Gasteiger partial charge in [-0.3, -0.25) is 4.79 Å². The summed E-state index contributed by atoms with van der Waals surface area (Å²) in [5, 5.41) is 10.7. The summed E-state index contributed by atoms with van der Waals surface area (Å²) in [6, 6.07) is 11.7. The largest absolute Gasteiger partial charge is 0.421 e. The first kappa shape index (κ1) is 17.1. The quantitative estimate of drug-likeness (QED) is 0.732. The molecule has 1 amide bonds. The molecule has 0 atom stereocenters. The highest BCUT2D eigenvalue weighted by Gasteiger charge is 2.12. The Balaban J connectivity index is 1.58. The fraction of sp³-hybridized carbons (Fsp3) is 0.167. The van der Waals surface area contributed by atoms with Crippen molar-refractivity contribution >= 4 is 23.2 Å². The summed E-state index contributed by atoms with van der Waals surface area (Å²) >= 11 is 5.68. The summed E-state index contributed by atoms with van der Waals surface area (Å²) in [6.45, 7) is 1.99. The minimum atomic E-state index is -0.583. The van der Waals surface area contributed by atoms with Crippen molar-refractivity contribution in [1.82, 2.24) is 10.2 Å². The topological polar surface area (TPSA) is 68.0 Å². The fourth-order valence-electron chi connectivity index (χ4n) is 2.19. The number of carbonyl (C=O) groups is 1. The van der Waals surface area contributed by atoms with Gasteiger partial charge in [0.25, 0.3) is 0 Å². The van der Waals surface area contributed by atoms with E-state index in [9.17, 15) is 9.18 Å². The third-order valence-corrected chi connectivity index (χ3v) is 3.77. The molecule has 1 aromatic heterocycles. The molecule has 0 aliphatic heterocycles. The van der Waals surface area contributed by atoms with Crippen molar-refractivity contribution in [2.24, 2.45) is 0 Å². The van der Waals surface area contributed by atoms with Crippen molar-refractivity contribution in [3.05, 3.63) is 64.8 Å². The number of anilines is 1. The van der Waals surface area contributed by atoms with Gasteiger partial charge in [0.2, 0.25) is 17.7 Å². The second-order valence-electron chi connectivity index (χ2n) is 5.54. The van der Waals surface area contributed by atoms with E-state index in [1.807, 2.05) is 31.2 Å². The van der Waals surface area contributed by atoms with Gasteiger partial charge in [0.05, 0.1) is 5.69 Å². The van der Waals surface area contributed by atoms with Gasteiger partial charge < -0.3 is 9.73 Å². The molecule has 0 unspecified atom stereocenters. The highest BCUT2D eigenvalue weighted by Crippen LogP contribution is 2.20. The van der Waals surface area contributed by atoms with Crippen molar-refractivity contribution in [3.63, 3.8) is 0 Å². The van der Waals surface area contributed by atoms with Crippen LogP contribution in [0, 0.1) is 12.7 Å². The Morgan fingerprint density at radius 2 is 1.96 bits per heavy atom. The van der Waals surface area contributed by atoms with Gasteiger partial charge in [-0.05, 0) is 37.3 Å². The molecule has 0 radical (unpaired) electrons. The molecule has 1 N–H and O–H groups in total. The number of rotatable bonds is 5. The van der Waals surface area contributed by atoms with Gasteiger partial charge in [0, 0.05) is 23.4 Å². The third-order valence-electron chi connectivity index (χ3n) is 3.54. The second-order valence-corrected chi connectivity index (χ2v) is 5.98. The van der Waals surface area contributed by atoms with Crippen molar-refractivity contribution in [1.29, 1.82) is 0 Å². The monoisotopic (exact) mass is 359 g/mol. The number of halogens is 2. The summed E-state index contributed by atoms with van der Waals surface area (Å²) in [7, 11) is 0. The molecular weight excluding hydrogens is 345 g/mol. The van der Waals surface area contributed by atoms with Crippen LogP contribution in [-0.2, 0) is 11.2 Å². The molecule has 0 spiro atoms. The summed E-state index contributed by atoms with van der Waals surface area (Å²) in [4.78, 5) is 11.9. The highest BCUT2D eigenvalue weighted by atomic mass is 35.5. The Hall–Kier alpha value is -2.73. The molecule has 0 saturated heterocycles. The predicted octanol–water partition coefficient (Wildman–Crippen LogP) is 4.41. The van der Waals surface area contributed by atoms with Crippen molar-refractivity contribution in [2.75, 3.05) is 5.32 Å². The minimum Gasteiger partial charge on any atom is -0.421 e. The van der Waals surface area contributed by atoms with Gasteiger partial charge in [-0.25, -0.2) is 4.39 Å². The van der Waals surface area contributed by atoms with Crippen molar-refractivity contribution in [3.8, 4) is 11.5 Å². The number of nitrogens with one attached hydrogen (secondary N) is 1. The Bertz CT molecular complexity index is 894. The first-order valence-electron chi connectivity index (χ1n) is 7.65. The number of carbonyl (C=O) groups excluding carboxylic acids is 1. The van der Waals surface area contributed by atoms with Crippen LogP contribution in [0.4, 0.5) is 10.1 Å². The first-order valence-corrected chi connectivity index (χ1v) is 8.03. The van der Waals surface area contributed by atoms with Gasteiger partial charge >= 0.3 is 0 Å². The van der Waals surface area contributed by atoms with Crippen LogP contribution in [-0.4, -0.2) is 16.1 Å². The van der Waals surface area contributed by atoms with Gasteiger partial charge in [0.1, 0.15) is 5.82 Å². The predicted molar refractivity (Wildman–Crippen MR) is 92.8 cm³/mol. The fourth-order valence-corrected chi connectivity index (χ4v) is 2.35. The number of benzene rings is 2. The summed E-state index contributed by atoms with van der Waals surface area (Å²) in [5.74, 6) is -0.182. The van der Waals surface area contributed by atoms with E-state index in [4.69, 9.17) is 16.0 Å². The van der Waals surface area contributed by atoms with E-state index < -0.39 is 5.82 Å². The molecule has 0 aliphatic rings. The Labute approximate surface area is 148 Å². The Morgan fingerprint density at radius 1 is 1.20 bits per heavy atom. The lowest BCUT2D eigenvalue weighted by molar-refractivity contribution is -0.116. The van der Waals surface area contributed by atoms with Gasteiger partial charge in [-0.15, -0.1) is 10.2 Å². The molecule has 5 nitrogen and oxygen atoms in total. The van der Waals surface area contributed by atoms with E-state index in [0.717, 1.165) is 17.2 Å². The molecule has 0 saturated carbocycles. The van der Waals surface area contributed by atoms with Crippen LogP contribution >= 0.6 is 11.6 Å². The molecule has 3 rings (SSSR count). The molecule has 0 aliphatic carbocycles. The average Bonchev–Trinajstić information content (AvgIpc) is 3.05. The zero-order valence-corrected chi connectivity index (χ0v) is 14.2. The van der Waals surface area contributed by atoms with E-state index >= 15 is 0 Å². The van der Waals surface area contributed by atoms with Crippen LogP contribution in [0.5, 0.6) is 0 Å². The summed E-state index contributed by atoms with van der Waals surface area (Å²) in [6.07, 6.45) is 0.359. The maximum Gasteiger partial charge on any atom is 0.247 e. The van der Waals surface area contributed by atoms with Crippen LogP contribution < -0.4 is 5.32 Å². The zero-order chi connectivity index (χ0) is 17.8. The smallest absolute Gasteiger partial charge is 0.247 e. The molecule has 0 bridgehead atoms. The summed E-state index contributed by atoms with van der Waals surface area (Å²) < 4.78 is 19.2. The van der Waals surface area contributed by atoms with Gasteiger partial charge in [-0.1, -0.05) is 29.3 Å². The number of amides is 1. The number of aromatic nitrogens is 2. The standard InChI is InChI=1S/C18H15ClFN3O2/c1-11-2-4-12(5-3-11)18-23-22-17(25-18)9-8-16(24)21-15-7-6-13(19)10-14(15)20/h2-7,10H,8-9H2,1H3,(H,21,24). The van der Waals surface area contributed by atoms with E-state index in [1.165, 1.54) is 12.1 Å². The molecule has 3 aromatic rings. The SMILES string of the molecule is Cc1ccc(-c2nnc(CCC(=O)Nc3ccc(Cl)cc3F)o2)cc1. The number of hydrogen-bond donors (Lipinski definition) is 1. The maximum absolute atomic E-state index is 13.7. The Kier molecular flexibility index (Phi) is 5.09. The third kappa shape index (κ3) is 4.42. The highest BCUT2D eigenvalue weighted by molar-refractivity contribution is 6.30. The van der Waals surface area contributed by atoms with Crippen LogP contribution in [0.1, 0.15) is 17.9 Å². The molecule has 0 fully saturated rings. The maximum atomic E-state index is 13.7. The van der Waals surface area contributed by atoms with Crippen LogP contribution in [0.15, 0.2) is 46.9 Å². The second kappa shape index (κ2) is 7.44. The normalized spacial score (nSPS) is 10.7. The molecule has 1 heterocycles. The van der Waals surface area contributed by atoms with Gasteiger partial charge in [-0.2, -0.15) is 0 Å².